The van der Waals surface area contributed by atoms with Crippen LogP contribution < -0.4 is 25.6 Å². The fraction of sp³-hybridized carbons (Fsp3) is 0.219. The van der Waals surface area contributed by atoms with Crippen LogP contribution in [0.15, 0.2) is 89.4 Å². The molecule has 0 spiro atoms. The van der Waals surface area contributed by atoms with Gasteiger partial charge >= 0.3 is 0 Å². The molecule has 2 atom stereocenters. The third-order valence-electron chi connectivity index (χ3n) is 7.97. The van der Waals surface area contributed by atoms with Crippen molar-refractivity contribution in [1.29, 1.82) is 0 Å². The summed E-state index contributed by atoms with van der Waals surface area (Å²) in [4.78, 5) is 44.6. The van der Waals surface area contributed by atoms with Crippen LogP contribution in [0.4, 0.5) is 11.4 Å². The van der Waals surface area contributed by atoms with Crippen LogP contribution in [0.2, 0.25) is 0 Å². The first-order valence-electron chi connectivity index (χ1n) is 13.2. The Morgan fingerprint density at radius 3 is 2.33 bits per heavy atom. The number of para-hydroxylation sites is 2. The first kappa shape index (κ1) is 31.0. The molecule has 0 aromatic heterocycles. The second kappa shape index (κ2) is 12.5. The number of carbonyl (C=O) groups is 3. The zero-order valence-corrected chi connectivity index (χ0v) is 25.9. The third kappa shape index (κ3) is 5.47. The molecule has 8 nitrogen and oxygen atoms in total. The molecule has 5 rings (SSSR count). The quantitative estimate of drug-likeness (QED) is 0.282. The molecule has 3 N–H and O–H groups in total. The summed E-state index contributed by atoms with van der Waals surface area (Å²) in [7, 11) is 3.19. The Hall–Kier alpha value is -3.92. The summed E-state index contributed by atoms with van der Waals surface area (Å²) >= 11 is 3.54. The maximum Gasteiger partial charge on any atom is 0.258 e. The van der Waals surface area contributed by atoms with Gasteiger partial charge in [0.1, 0.15) is 11.3 Å². The molecule has 1 unspecified atom stereocenters. The number of nitrogens with one attached hydrogen (secondary N) is 1. The van der Waals surface area contributed by atoms with Gasteiger partial charge in [-0.15, -0.1) is 12.4 Å². The number of rotatable bonds is 7. The van der Waals surface area contributed by atoms with Crippen molar-refractivity contribution < 1.29 is 19.1 Å². The zero-order chi connectivity index (χ0) is 29.3. The van der Waals surface area contributed by atoms with E-state index in [1.54, 1.807) is 55.1 Å². The molecule has 4 aromatic carbocycles. The summed E-state index contributed by atoms with van der Waals surface area (Å²) in [6.45, 7) is 1.69. The predicted octanol–water partition coefficient (Wildman–Crippen LogP) is 5.31. The molecule has 0 saturated carbocycles. The summed E-state index contributed by atoms with van der Waals surface area (Å²) in [6, 6.07) is 25.9. The Bertz CT molecular complexity index is 1650. The van der Waals surface area contributed by atoms with Gasteiger partial charge in [0, 0.05) is 22.1 Å². The lowest BCUT2D eigenvalue weighted by atomic mass is 9.83. The fourth-order valence-corrected chi connectivity index (χ4v) is 5.81. The van der Waals surface area contributed by atoms with E-state index in [9.17, 15) is 14.4 Å². The van der Waals surface area contributed by atoms with Crippen LogP contribution in [0.1, 0.15) is 22.8 Å². The highest BCUT2D eigenvalue weighted by Crippen LogP contribution is 2.40. The van der Waals surface area contributed by atoms with E-state index in [0.29, 0.717) is 22.7 Å². The number of halogens is 2. The highest BCUT2D eigenvalue weighted by atomic mass is 79.9. The highest BCUT2D eigenvalue weighted by molar-refractivity contribution is 9.10. The number of amides is 3. The summed E-state index contributed by atoms with van der Waals surface area (Å²) < 4.78 is 6.68. The largest absolute Gasteiger partial charge is 0.496 e. The predicted molar refractivity (Wildman–Crippen MR) is 171 cm³/mol. The number of nitrogens with zero attached hydrogens (tertiary/aromatic N) is 2. The monoisotopic (exact) mass is 650 g/mol. The van der Waals surface area contributed by atoms with E-state index in [1.165, 1.54) is 0 Å². The number of primary amides is 1. The van der Waals surface area contributed by atoms with Gasteiger partial charge in [0.05, 0.1) is 30.9 Å². The topological polar surface area (TPSA) is 105 Å². The van der Waals surface area contributed by atoms with Gasteiger partial charge in [0.25, 0.3) is 5.91 Å². The van der Waals surface area contributed by atoms with Crippen molar-refractivity contribution in [3.8, 4) is 5.75 Å². The molecule has 4 aromatic rings. The summed E-state index contributed by atoms with van der Waals surface area (Å²) in [5.74, 6) is -1.70. The lowest BCUT2D eigenvalue weighted by Crippen LogP contribution is -2.63. The van der Waals surface area contributed by atoms with Gasteiger partial charge in [-0.3, -0.25) is 14.4 Å². The van der Waals surface area contributed by atoms with E-state index < -0.39 is 17.4 Å². The van der Waals surface area contributed by atoms with Gasteiger partial charge in [0.2, 0.25) is 11.8 Å². The number of benzene rings is 4. The molecule has 218 valence electrons. The Labute approximate surface area is 259 Å². The number of likely N-dealkylation sites (N-methyl/N-ethyl adjacent to an activating group) is 1. The first-order valence-corrected chi connectivity index (χ1v) is 14.0. The van der Waals surface area contributed by atoms with Crippen LogP contribution in [0.25, 0.3) is 10.8 Å². The molecule has 42 heavy (non-hydrogen) atoms. The molecular weight excluding hydrogens is 620 g/mol. The van der Waals surface area contributed by atoms with E-state index in [-0.39, 0.29) is 37.3 Å². The number of anilines is 2. The number of ether oxygens (including phenoxy) is 1. The van der Waals surface area contributed by atoms with Crippen LogP contribution in [-0.4, -0.2) is 44.0 Å². The average molecular weight is 652 g/mol. The molecule has 10 heteroatoms. The first-order chi connectivity index (χ1) is 19.7. The molecule has 0 bridgehead atoms. The van der Waals surface area contributed by atoms with E-state index in [0.717, 1.165) is 20.8 Å². The summed E-state index contributed by atoms with van der Waals surface area (Å²) in [5.41, 5.74) is 6.82. The van der Waals surface area contributed by atoms with E-state index in [4.69, 9.17) is 10.5 Å². The number of hydrogen-bond donors (Lipinski definition) is 2. The molecule has 1 aliphatic rings. The SMILES string of the molecule is CNC(C)(C(N)=O)[C@@H]1CN(C(=O)c2ccccc2)c2ccccc2N(Cc2c(OC)ccc3cc(Br)ccc23)C1=O.Cl. The van der Waals surface area contributed by atoms with Gasteiger partial charge in [-0.2, -0.15) is 0 Å². The van der Waals surface area contributed by atoms with E-state index >= 15 is 0 Å². The fourth-order valence-electron chi connectivity index (χ4n) is 5.43. The van der Waals surface area contributed by atoms with E-state index in [1.807, 2.05) is 60.7 Å². The van der Waals surface area contributed by atoms with Gasteiger partial charge in [-0.25, -0.2) is 0 Å². The number of methoxy groups -OCH3 is 1. The minimum Gasteiger partial charge on any atom is -0.496 e. The highest BCUT2D eigenvalue weighted by Gasteiger charge is 2.48. The molecular formula is C32H32BrClN4O4. The van der Waals surface area contributed by atoms with Crippen molar-refractivity contribution in [3.63, 3.8) is 0 Å². The molecule has 0 radical (unpaired) electrons. The van der Waals surface area contributed by atoms with Crippen LogP contribution in [0, 0.1) is 5.92 Å². The van der Waals surface area contributed by atoms with Gasteiger partial charge in [-0.1, -0.05) is 58.4 Å². The van der Waals surface area contributed by atoms with E-state index in [2.05, 4.69) is 21.2 Å². The third-order valence-corrected chi connectivity index (χ3v) is 8.47. The van der Waals surface area contributed by atoms with Crippen LogP contribution in [-0.2, 0) is 16.1 Å². The molecule has 1 heterocycles. The number of nitrogens with two attached hydrogens (primary N) is 1. The van der Waals surface area contributed by atoms with Crippen molar-refractivity contribution in [2.45, 2.75) is 19.0 Å². The van der Waals surface area contributed by atoms with Crippen molar-refractivity contribution in [2.75, 3.05) is 30.5 Å². The van der Waals surface area contributed by atoms with Gasteiger partial charge < -0.3 is 25.6 Å². The maximum absolute atomic E-state index is 14.6. The second-order valence-electron chi connectivity index (χ2n) is 10.2. The smallest absolute Gasteiger partial charge is 0.258 e. The number of hydrogen-bond acceptors (Lipinski definition) is 5. The average Bonchev–Trinajstić information content (AvgIpc) is 3.11. The number of carbonyl (C=O) groups excluding carboxylic acids is 3. The Morgan fingerprint density at radius 1 is 1.02 bits per heavy atom. The Kier molecular flexibility index (Phi) is 9.25. The van der Waals surface area contributed by atoms with Crippen molar-refractivity contribution in [1.82, 2.24) is 5.32 Å². The zero-order valence-electron chi connectivity index (χ0n) is 23.5. The van der Waals surface area contributed by atoms with Crippen molar-refractivity contribution >= 4 is 68.2 Å². The molecule has 0 aliphatic carbocycles. The normalized spacial score (nSPS) is 16.2. The maximum atomic E-state index is 14.6. The summed E-state index contributed by atoms with van der Waals surface area (Å²) in [6.07, 6.45) is 0. The molecule has 0 saturated heterocycles. The van der Waals surface area contributed by atoms with Crippen LogP contribution in [0.5, 0.6) is 5.75 Å². The molecule has 0 fully saturated rings. The van der Waals surface area contributed by atoms with Gasteiger partial charge in [-0.05, 0) is 67.2 Å². The van der Waals surface area contributed by atoms with Crippen LogP contribution in [0.3, 0.4) is 0 Å². The Morgan fingerprint density at radius 2 is 1.69 bits per heavy atom. The molecule has 1 aliphatic heterocycles. The minimum atomic E-state index is -1.44. The van der Waals surface area contributed by atoms with Crippen LogP contribution >= 0.6 is 28.3 Å². The minimum absolute atomic E-state index is 0. The van der Waals surface area contributed by atoms with Crippen molar-refractivity contribution in [2.24, 2.45) is 11.7 Å². The number of fused-ring (bicyclic) bond motifs is 2. The Balaban J connectivity index is 0.00000405. The van der Waals surface area contributed by atoms with Gasteiger partial charge in [0.15, 0.2) is 0 Å². The summed E-state index contributed by atoms with van der Waals surface area (Å²) in [5, 5.41) is 4.88. The lowest BCUT2D eigenvalue weighted by molar-refractivity contribution is -0.133. The molecule has 3 amide bonds. The van der Waals surface area contributed by atoms with Crippen molar-refractivity contribution in [3.05, 3.63) is 101 Å². The second-order valence-corrected chi connectivity index (χ2v) is 11.1. The lowest BCUT2D eigenvalue weighted by Gasteiger charge is -2.36. The standard InChI is InChI=1S/C32H31BrN4O4.ClH/c1-32(35-2,31(34)40)25-19-37(29(38)20-9-5-4-6-10-20)27-12-8-7-11-26(27)36(30(25)39)18-24-23-15-14-22(33)17-21(23)13-16-28(24)41-3;/h4-17,25,35H,18-19H2,1-3H3,(H2,34,40);1H/t25-,32?;/m1./s1.